The van der Waals surface area contributed by atoms with Crippen molar-refractivity contribution in [2.75, 3.05) is 31.1 Å². The fourth-order valence-corrected chi connectivity index (χ4v) is 11.6. The topological polar surface area (TPSA) is 431 Å². The molecule has 448 valence electrons. The second kappa shape index (κ2) is 32.2. The van der Waals surface area contributed by atoms with Crippen LogP contribution in [0.3, 0.4) is 0 Å². The maximum atomic E-state index is 14.9. The lowest BCUT2D eigenvalue weighted by molar-refractivity contribution is -0.136. The van der Waals surface area contributed by atoms with Gasteiger partial charge in [0.1, 0.15) is 54.1 Å². The van der Waals surface area contributed by atoms with Gasteiger partial charge in [0.25, 0.3) is 0 Å². The molecule has 0 spiro atoms. The number of carbonyl (C=O) groups excluding carboxylic acids is 9. The number of nitrogens with one attached hydrogen (secondary N) is 9. The van der Waals surface area contributed by atoms with E-state index in [-0.39, 0.29) is 93.7 Å². The van der Waals surface area contributed by atoms with Crippen LogP contribution in [-0.4, -0.2) is 167 Å². The smallest absolute Gasteiger partial charge is 0.245 e. The van der Waals surface area contributed by atoms with E-state index in [4.69, 9.17) is 22.9 Å². The Morgan fingerprint density at radius 3 is 1.99 bits per heavy atom. The van der Waals surface area contributed by atoms with E-state index in [0.29, 0.717) is 35.3 Å². The third-order valence-corrected chi connectivity index (χ3v) is 16.3. The van der Waals surface area contributed by atoms with Crippen LogP contribution >= 0.6 is 21.6 Å². The molecule has 0 aromatic heterocycles. The van der Waals surface area contributed by atoms with E-state index in [1.54, 1.807) is 48.7 Å². The number of aliphatic hydroxyl groups excluding tert-OH is 1. The molecule has 11 atom stereocenters. The molecule has 19 N–H and O–H groups in total. The van der Waals surface area contributed by atoms with E-state index < -0.39 is 114 Å². The van der Waals surface area contributed by atoms with Crippen molar-refractivity contribution < 1.29 is 53.4 Å². The lowest BCUT2D eigenvalue weighted by Gasteiger charge is -2.30. The van der Waals surface area contributed by atoms with Gasteiger partial charge in [-0.2, -0.15) is 0 Å². The fourth-order valence-electron chi connectivity index (χ4n) is 9.29. The highest BCUT2D eigenvalue weighted by molar-refractivity contribution is 8.76. The Morgan fingerprint density at radius 1 is 0.711 bits per heavy atom. The first kappa shape index (κ1) is 64.4. The zero-order valence-electron chi connectivity index (χ0n) is 45.9. The standard InChI is InChI=1S/C55H75N15O11S2/c1-30(71)45-54(81)69-43-28-82-83-29-44(68-48(75)39(15-9-22-61-55(58)59)64-49(76)40(20-23-60-47(43)74)63-46(73)36(57)24-32-16-18-34(72)19-17-32)53(80)66-41(25-31-10-3-2-4-11-31)51(78)67-42(26-33-27-62-37-13-6-5-12-35(33)37)52(79)65-38(50(77)70-45)14-7-8-21-56/h2-6,10-13,16-19,27,30,35-36,38-45,71-72H,7-9,14-15,20-26,28-29,56-57H2,1H3,(H,60,74)(H,63,73)(H,64,76)(H,65,79)(H,66,80)(H,67,78)(H,68,75)(H,69,81)(H,70,77)(H4,58,59,61). The molecule has 6 rings (SSSR count). The summed E-state index contributed by atoms with van der Waals surface area (Å²) in [5, 5.41) is 45.1. The molecule has 11 unspecified atom stereocenters. The van der Waals surface area contributed by atoms with Crippen molar-refractivity contribution in [2.45, 2.75) is 125 Å². The van der Waals surface area contributed by atoms with Crippen LogP contribution < -0.4 is 70.8 Å². The summed E-state index contributed by atoms with van der Waals surface area (Å²) in [7, 11) is 2.04. The number of aliphatic imine (C=N–C) groups is 2. The molecule has 28 heteroatoms. The van der Waals surface area contributed by atoms with E-state index in [1.807, 2.05) is 24.3 Å². The number of fused-ring (bicyclic) bond motifs is 6. The van der Waals surface area contributed by atoms with Crippen LogP contribution in [0.4, 0.5) is 0 Å². The monoisotopic (exact) mass is 1190 g/mol. The van der Waals surface area contributed by atoms with E-state index >= 15 is 0 Å². The van der Waals surface area contributed by atoms with Gasteiger partial charge in [-0.05, 0) is 93.3 Å². The molecule has 0 radical (unpaired) electrons. The van der Waals surface area contributed by atoms with Crippen LogP contribution in [0.2, 0.25) is 0 Å². The molecule has 26 nitrogen and oxygen atoms in total. The van der Waals surface area contributed by atoms with Crippen molar-refractivity contribution in [2.24, 2.45) is 38.8 Å². The number of hydrogen-bond donors (Lipinski definition) is 15. The Kier molecular flexibility index (Phi) is 24.9. The van der Waals surface area contributed by atoms with Crippen LogP contribution in [0, 0.1) is 5.92 Å². The molecule has 2 saturated heterocycles. The van der Waals surface area contributed by atoms with Gasteiger partial charge in [0.15, 0.2) is 5.96 Å². The number of unbranched alkanes of at least 4 members (excludes halogenated alkanes) is 1. The third kappa shape index (κ3) is 20.0. The van der Waals surface area contributed by atoms with Crippen molar-refractivity contribution in [1.29, 1.82) is 0 Å². The van der Waals surface area contributed by atoms with Crippen LogP contribution in [0.25, 0.3) is 0 Å². The summed E-state index contributed by atoms with van der Waals surface area (Å²) in [5.74, 6) is -8.70. The number of aliphatic hydroxyl groups is 1. The molecule has 2 bridgehead atoms. The average molecular weight is 1190 g/mol. The molecular weight excluding hydrogens is 1110 g/mol. The number of rotatable bonds is 17. The zero-order chi connectivity index (χ0) is 60.0. The predicted octanol–water partition coefficient (Wildman–Crippen LogP) is -2.67. The van der Waals surface area contributed by atoms with Crippen LogP contribution in [0.5, 0.6) is 5.75 Å². The van der Waals surface area contributed by atoms with Crippen molar-refractivity contribution in [3.8, 4) is 5.75 Å². The van der Waals surface area contributed by atoms with Crippen molar-refractivity contribution in [3.63, 3.8) is 0 Å². The molecule has 4 aliphatic rings. The minimum atomic E-state index is -1.70. The van der Waals surface area contributed by atoms with Gasteiger partial charge in [0.2, 0.25) is 53.2 Å². The second-order valence-electron chi connectivity index (χ2n) is 20.4. The van der Waals surface area contributed by atoms with Crippen molar-refractivity contribution in [3.05, 3.63) is 102 Å². The maximum absolute atomic E-state index is 14.9. The Bertz CT molecular complexity index is 2800. The highest BCUT2D eigenvalue weighted by Crippen LogP contribution is 2.29. The summed E-state index contributed by atoms with van der Waals surface area (Å²) >= 11 is 0. The average Bonchev–Trinajstić information content (AvgIpc) is 4.17. The Balaban J connectivity index is 1.41. The molecule has 2 aromatic rings. The number of allylic oxidation sites excluding steroid dienone is 4. The lowest BCUT2D eigenvalue weighted by Crippen LogP contribution is -2.62. The summed E-state index contributed by atoms with van der Waals surface area (Å²) in [6.07, 6.45) is 7.65. The first-order valence-electron chi connectivity index (χ1n) is 27.4. The summed E-state index contributed by atoms with van der Waals surface area (Å²) in [6, 6.07) is 1.82. The number of nitrogens with zero attached hydrogens (tertiary/aromatic N) is 2. The Labute approximate surface area is 488 Å². The number of hydrogen-bond acceptors (Lipinski definition) is 17. The number of aromatic hydroxyl groups is 1. The van der Waals surface area contributed by atoms with Gasteiger partial charge in [-0.15, -0.1) is 0 Å². The molecule has 0 saturated carbocycles. The van der Waals surface area contributed by atoms with Gasteiger partial charge in [-0.25, -0.2) is 0 Å². The highest BCUT2D eigenvalue weighted by Gasteiger charge is 2.38. The maximum Gasteiger partial charge on any atom is 0.245 e. The minimum Gasteiger partial charge on any atom is -0.508 e. The normalized spacial score (nSPS) is 25.8. The van der Waals surface area contributed by atoms with Crippen molar-refractivity contribution >= 4 is 86.4 Å². The number of benzene rings is 2. The second-order valence-corrected chi connectivity index (χ2v) is 22.9. The van der Waals surface area contributed by atoms with Gasteiger partial charge in [-0.3, -0.25) is 53.1 Å². The summed E-state index contributed by atoms with van der Waals surface area (Å²) in [6.45, 7) is 1.23. The molecule has 2 aromatic carbocycles. The number of nitrogens with two attached hydrogens (primary N) is 4. The first-order chi connectivity index (χ1) is 39.8. The quantitative estimate of drug-likeness (QED) is 0.0332. The van der Waals surface area contributed by atoms with E-state index in [1.165, 1.54) is 19.1 Å². The number of phenols is 1. The van der Waals surface area contributed by atoms with Gasteiger partial charge in [0.05, 0.1) is 17.9 Å². The minimum absolute atomic E-state index is 0.00924. The van der Waals surface area contributed by atoms with Gasteiger partial charge in [-0.1, -0.05) is 82.3 Å². The number of guanidine groups is 1. The number of phenolic OH excluding ortho intramolecular Hbond substituents is 1. The summed E-state index contributed by atoms with van der Waals surface area (Å²) in [5.41, 5.74) is 25.8. The van der Waals surface area contributed by atoms with E-state index in [0.717, 1.165) is 21.6 Å². The van der Waals surface area contributed by atoms with Crippen LogP contribution in [-0.2, 0) is 56.0 Å². The van der Waals surface area contributed by atoms with E-state index in [9.17, 15) is 53.4 Å². The van der Waals surface area contributed by atoms with Crippen LogP contribution in [0.1, 0.15) is 63.0 Å². The SMILES string of the molecule is CC(O)C1NC(=O)C(CCCCN)NC(=O)C(CC2=CN=C3C=CC=CC23)NC(=O)C(Cc2ccccc2)NC(=O)C2CSSCC(NC1=O)C(=O)NCCC(NC(=O)C(N)Cc1ccc(O)cc1)C(=O)NC(CCCN=C(N)N)C(=O)N2. The zero-order valence-corrected chi connectivity index (χ0v) is 47.6. The Hall–Kier alpha value is -7.79. The van der Waals surface area contributed by atoms with E-state index in [2.05, 4.69) is 57.8 Å². The number of carbonyl (C=O) groups is 9. The summed E-state index contributed by atoms with van der Waals surface area (Å²) < 4.78 is 0. The fraction of sp³-hybridized carbons (Fsp3) is 0.473. The number of amides is 9. The molecule has 83 heavy (non-hydrogen) atoms. The molecular formula is C55H75N15O11S2. The first-order valence-corrected chi connectivity index (χ1v) is 29.9. The molecule has 9 amide bonds. The van der Waals surface area contributed by atoms with Gasteiger partial charge in [0, 0.05) is 49.6 Å². The third-order valence-electron chi connectivity index (χ3n) is 13.9. The van der Waals surface area contributed by atoms with Crippen LogP contribution in [0.15, 0.2) is 101 Å². The van der Waals surface area contributed by atoms with Gasteiger partial charge < -0.3 is 81.0 Å². The predicted molar refractivity (Wildman–Crippen MR) is 314 cm³/mol. The molecule has 1 aliphatic carbocycles. The largest absolute Gasteiger partial charge is 0.508 e. The van der Waals surface area contributed by atoms with Gasteiger partial charge >= 0.3 is 0 Å². The highest BCUT2D eigenvalue weighted by atomic mass is 33.1. The molecule has 2 fully saturated rings. The lowest BCUT2D eigenvalue weighted by atomic mass is 9.88. The Morgan fingerprint density at radius 2 is 1.31 bits per heavy atom. The molecule has 3 aliphatic heterocycles. The summed E-state index contributed by atoms with van der Waals surface area (Å²) in [4.78, 5) is 139. The van der Waals surface area contributed by atoms with Crippen molar-refractivity contribution in [1.82, 2.24) is 47.9 Å². The molecule has 3 heterocycles.